The third-order valence-corrected chi connectivity index (χ3v) is 7.03. The normalized spacial score (nSPS) is 16.0. The molecule has 0 aliphatic heterocycles. The van der Waals surface area contributed by atoms with Crippen molar-refractivity contribution in [2.45, 2.75) is 31.2 Å². The molecule has 2 heterocycles. The van der Waals surface area contributed by atoms with Crippen molar-refractivity contribution in [3.63, 3.8) is 0 Å². The highest BCUT2D eigenvalue weighted by atomic mass is 32.2. The van der Waals surface area contributed by atoms with E-state index in [-0.39, 0.29) is 11.7 Å². The van der Waals surface area contributed by atoms with Crippen LogP contribution in [0, 0.1) is 5.92 Å². The number of aromatic nitrogens is 2. The van der Waals surface area contributed by atoms with Gasteiger partial charge in [-0.3, -0.25) is 9.59 Å². The molecule has 4 rings (SSSR count). The molecule has 0 saturated carbocycles. The second kappa shape index (κ2) is 7.89. The van der Waals surface area contributed by atoms with Crippen LogP contribution in [0.2, 0.25) is 0 Å². The third-order valence-electron chi connectivity index (χ3n) is 4.86. The minimum atomic E-state index is -0.475. The van der Waals surface area contributed by atoms with Gasteiger partial charge in [-0.15, -0.1) is 11.3 Å². The molecular formula is C20H20N4O2S2. The van der Waals surface area contributed by atoms with Gasteiger partial charge >= 0.3 is 0 Å². The number of thiophene rings is 1. The fraction of sp³-hybridized carbons (Fsp3) is 0.300. The maximum absolute atomic E-state index is 12.6. The number of amides is 2. The number of fused-ring (bicyclic) bond motifs is 2. The van der Waals surface area contributed by atoms with E-state index in [0.29, 0.717) is 16.5 Å². The van der Waals surface area contributed by atoms with Crippen LogP contribution in [0.1, 0.15) is 34.1 Å². The Labute approximate surface area is 170 Å². The molecule has 2 aromatic heterocycles. The van der Waals surface area contributed by atoms with Crippen LogP contribution in [-0.2, 0) is 17.6 Å². The van der Waals surface area contributed by atoms with E-state index in [2.05, 4.69) is 22.2 Å². The average molecular weight is 413 g/mol. The largest absolute Gasteiger partial charge is 0.365 e. The molecule has 0 saturated heterocycles. The van der Waals surface area contributed by atoms with Gasteiger partial charge in [0.05, 0.1) is 16.8 Å². The van der Waals surface area contributed by atoms with Crippen LogP contribution in [0.4, 0.5) is 5.00 Å². The summed E-state index contributed by atoms with van der Waals surface area (Å²) in [5, 5.41) is 5.15. The predicted molar refractivity (Wildman–Crippen MR) is 113 cm³/mol. The van der Waals surface area contributed by atoms with Crippen molar-refractivity contribution < 1.29 is 9.59 Å². The number of primary amides is 1. The summed E-state index contributed by atoms with van der Waals surface area (Å²) in [4.78, 5) is 34.2. The highest BCUT2D eigenvalue weighted by molar-refractivity contribution is 8.00. The Morgan fingerprint density at radius 1 is 1.32 bits per heavy atom. The molecule has 6 nitrogen and oxygen atoms in total. The van der Waals surface area contributed by atoms with E-state index < -0.39 is 5.91 Å². The quantitative estimate of drug-likeness (QED) is 0.492. The van der Waals surface area contributed by atoms with Gasteiger partial charge in [0.15, 0.2) is 0 Å². The van der Waals surface area contributed by atoms with Crippen LogP contribution in [0.15, 0.2) is 35.6 Å². The maximum atomic E-state index is 12.6. The predicted octanol–water partition coefficient (Wildman–Crippen LogP) is 3.65. The van der Waals surface area contributed by atoms with Crippen LogP contribution in [0.25, 0.3) is 10.9 Å². The molecular weight excluding hydrogens is 392 g/mol. The zero-order valence-electron chi connectivity index (χ0n) is 15.4. The van der Waals surface area contributed by atoms with Gasteiger partial charge in [-0.1, -0.05) is 36.9 Å². The molecule has 3 N–H and O–H groups in total. The first-order valence-corrected chi connectivity index (χ1v) is 10.9. The number of carbonyl (C=O) groups is 2. The number of nitrogens with two attached hydrogens (primary N) is 1. The number of nitrogens with zero attached hydrogens (tertiary/aromatic N) is 2. The van der Waals surface area contributed by atoms with Crippen molar-refractivity contribution in [3.8, 4) is 0 Å². The van der Waals surface area contributed by atoms with Crippen LogP contribution in [-0.4, -0.2) is 27.5 Å². The van der Waals surface area contributed by atoms with Crippen LogP contribution in [0.3, 0.4) is 0 Å². The van der Waals surface area contributed by atoms with Gasteiger partial charge in [0.2, 0.25) is 5.91 Å². The number of carbonyl (C=O) groups excluding carboxylic acids is 2. The Balaban J connectivity index is 1.50. The van der Waals surface area contributed by atoms with E-state index in [1.54, 1.807) is 0 Å². The molecule has 2 amide bonds. The molecule has 3 aromatic rings. The van der Waals surface area contributed by atoms with E-state index in [4.69, 9.17) is 5.73 Å². The molecule has 8 heteroatoms. The van der Waals surface area contributed by atoms with Crippen molar-refractivity contribution in [1.82, 2.24) is 9.97 Å². The van der Waals surface area contributed by atoms with E-state index in [9.17, 15) is 9.59 Å². The molecule has 28 heavy (non-hydrogen) atoms. The fourth-order valence-electron chi connectivity index (χ4n) is 3.49. The number of anilines is 1. The highest BCUT2D eigenvalue weighted by Gasteiger charge is 2.27. The summed E-state index contributed by atoms with van der Waals surface area (Å²) < 4.78 is 0. The number of para-hydroxylation sites is 1. The second-order valence-corrected chi connectivity index (χ2v) is 9.02. The van der Waals surface area contributed by atoms with Gasteiger partial charge in [0, 0.05) is 10.3 Å². The Morgan fingerprint density at radius 3 is 2.96 bits per heavy atom. The lowest BCUT2D eigenvalue weighted by atomic mass is 9.88. The highest BCUT2D eigenvalue weighted by Crippen LogP contribution is 2.39. The monoisotopic (exact) mass is 412 g/mol. The topological polar surface area (TPSA) is 98.0 Å². The molecule has 1 aliphatic carbocycles. The summed E-state index contributed by atoms with van der Waals surface area (Å²) in [5.41, 5.74) is 7.96. The minimum Gasteiger partial charge on any atom is -0.365 e. The summed E-state index contributed by atoms with van der Waals surface area (Å²) in [7, 11) is 0. The molecule has 0 unspecified atom stereocenters. The van der Waals surface area contributed by atoms with Crippen LogP contribution in [0.5, 0.6) is 0 Å². The van der Waals surface area contributed by atoms with E-state index >= 15 is 0 Å². The number of thioether (sulfide) groups is 1. The molecule has 1 atom stereocenters. The van der Waals surface area contributed by atoms with Crippen LogP contribution < -0.4 is 11.1 Å². The first-order valence-electron chi connectivity index (χ1n) is 9.09. The van der Waals surface area contributed by atoms with Gasteiger partial charge < -0.3 is 11.1 Å². The Hall–Kier alpha value is -2.45. The van der Waals surface area contributed by atoms with E-state index in [1.165, 1.54) is 29.4 Å². The Kier molecular flexibility index (Phi) is 5.32. The van der Waals surface area contributed by atoms with Crippen molar-refractivity contribution in [1.29, 1.82) is 0 Å². The van der Waals surface area contributed by atoms with E-state index in [1.807, 2.05) is 24.3 Å². The molecule has 0 radical (unpaired) electrons. The number of hydrogen-bond acceptors (Lipinski definition) is 6. The lowest BCUT2D eigenvalue weighted by Gasteiger charge is -2.18. The number of rotatable bonds is 5. The molecule has 0 bridgehead atoms. The van der Waals surface area contributed by atoms with Crippen molar-refractivity contribution >= 4 is 50.8 Å². The minimum absolute atomic E-state index is 0.179. The molecule has 0 spiro atoms. The van der Waals surface area contributed by atoms with E-state index in [0.717, 1.165) is 45.6 Å². The third kappa shape index (κ3) is 3.74. The zero-order valence-corrected chi connectivity index (χ0v) is 17.0. The summed E-state index contributed by atoms with van der Waals surface area (Å²) >= 11 is 2.83. The molecule has 1 aliphatic rings. The number of benzene rings is 1. The van der Waals surface area contributed by atoms with Crippen molar-refractivity contribution in [3.05, 3.63) is 46.6 Å². The number of hydrogen-bond donors (Lipinski definition) is 2. The summed E-state index contributed by atoms with van der Waals surface area (Å²) in [6.45, 7) is 2.20. The maximum Gasteiger partial charge on any atom is 0.251 e. The number of nitrogens with one attached hydrogen (secondary N) is 1. The smallest absolute Gasteiger partial charge is 0.251 e. The fourth-order valence-corrected chi connectivity index (χ4v) is 5.71. The van der Waals surface area contributed by atoms with Crippen molar-refractivity contribution in [2.75, 3.05) is 11.1 Å². The SMILES string of the molecule is C[C@H]1CCc2c(sc(NC(=O)CSc3ncnc4ccccc34)c2C(N)=O)C1. The molecule has 1 aromatic carbocycles. The average Bonchev–Trinajstić information content (AvgIpc) is 3.03. The van der Waals surface area contributed by atoms with Crippen LogP contribution >= 0.6 is 23.1 Å². The zero-order chi connectivity index (χ0) is 19.7. The lowest BCUT2D eigenvalue weighted by molar-refractivity contribution is -0.113. The van der Waals surface area contributed by atoms with Gasteiger partial charge in [-0.2, -0.15) is 0 Å². The van der Waals surface area contributed by atoms with Gasteiger partial charge in [0.25, 0.3) is 5.91 Å². The summed E-state index contributed by atoms with van der Waals surface area (Å²) in [6.07, 6.45) is 4.30. The summed E-state index contributed by atoms with van der Waals surface area (Å²) in [6, 6.07) is 7.69. The molecule has 0 fully saturated rings. The van der Waals surface area contributed by atoms with Crippen molar-refractivity contribution in [2.24, 2.45) is 11.7 Å². The first kappa shape index (κ1) is 18.9. The van der Waals surface area contributed by atoms with Gasteiger partial charge in [-0.05, 0) is 36.8 Å². The molecule has 144 valence electrons. The Morgan fingerprint density at radius 2 is 2.14 bits per heavy atom. The summed E-state index contributed by atoms with van der Waals surface area (Å²) in [5.74, 6) is 0.119. The second-order valence-electron chi connectivity index (χ2n) is 6.95. The van der Waals surface area contributed by atoms with Gasteiger partial charge in [-0.25, -0.2) is 9.97 Å². The first-order chi connectivity index (χ1) is 13.5. The lowest BCUT2D eigenvalue weighted by Crippen LogP contribution is -2.20. The Bertz CT molecular complexity index is 1060. The standard InChI is InChI=1S/C20H20N4O2S2/c1-11-6-7-13-15(8-11)28-20(17(13)18(21)26)24-16(25)9-27-19-12-4-2-3-5-14(12)22-10-23-19/h2-5,10-11H,6-9H2,1H3,(H2,21,26)(H,24,25)/t11-/m0/s1. The van der Waals surface area contributed by atoms with Gasteiger partial charge in [0.1, 0.15) is 16.4 Å².